The minimum Gasteiger partial charge on any atom is -0.481 e. The molecule has 18 heavy (non-hydrogen) atoms. The van der Waals surface area contributed by atoms with Crippen LogP contribution in [0.15, 0.2) is 0 Å². The van der Waals surface area contributed by atoms with Gasteiger partial charge in [-0.2, -0.15) is 0 Å². The third kappa shape index (κ3) is 1.77. The number of carboxylic acids is 1. The molecular formula is C14H19O4. The van der Waals surface area contributed by atoms with Gasteiger partial charge in [0, 0.05) is 0 Å². The first-order valence-electron chi connectivity index (χ1n) is 7.08. The van der Waals surface area contributed by atoms with Gasteiger partial charge in [0.2, 0.25) is 0 Å². The fourth-order valence-electron chi connectivity index (χ4n) is 3.96. The van der Waals surface area contributed by atoms with Crippen LogP contribution in [0.2, 0.25) is 0 Å². The summed E-state index contributed by atoms with van der Waals surface area (Å²) in [4.78, 5) is 11.1. The zero-order valence-corrected chi connectivity index (χ0v) is 10.4. The van der Waals surface area contributed by atoms with Crippen molar-refractivity contribution >= 4 is 5.97 Å². The van der Waals surface area contributed by atoms with Crippen molar-refractivity contribution in [2.24, 2.45) is 11.8 Å². The number of fused-ring (bicyclic) bond motifs is 2. The second-order valence-electron chi connectivity index (χ2n) is 6.33. The smallest absolute Gasteiger partial charge is 0.306 e. The molecule has 4 fully saturated rings. The minimum absolute atomic E-state index is 0.201. The largest absolute Gasteiger partial charge is 0.481 e. The lowest BCUT2D eigenvalue weighted by atomic mass is 9.74. The molecule has 0 bridgehead atoms. The molecule has 4 aliphatic rings. The summed E-state index contributed by atoms with van der Waals surface area (Å²) in [5.74, 6) is -0.314. The Morgan fingerprint density at radius 2 is 2.11 bits per heavy atom. The molecule has 4 heteroatoms. The molecule has 2 heterocycles. The number of hydrogen-bond acceptors (Lipinski definition) is 3. The van der Waals surface area contributed by atoms with Crippen molar-refractivity contribution in [3.63, 3.8) is 0 Å². The number of rotatable bonds is 3. The zero-order valence-electron chi connectivity index (χ0n) is 10.4. The first kappa shape index (κ1) is 11.2. The van der Waals surface area contributed by atoms with Crippen LogP contribution in [0.1, 0.15) is 38.5 Å². The summed E-state index contributed by atoms with van der Waals surface area (Å²) in [7, 11) is 0. The Morgan fingerprint density at radius 3 is 2.89 bits per heavy atom. The third-order valence-electron chi connectivity index (χ3n) is 5.10. The number of hydrogen-bond donors (Lipinski definition) is 1. The summed E-state index contributed by atoms with van der Waals surface area (Å²) in [6, 6.07) is 0. The van der Waals surface area contributed by atoms with Gasteiger partial charge in [-0.05, 0) is 50.9 Å². The summed E-state index contributed by atoms with van der Waals surface area (Å²) in [6.45, 7) is 0. The molecule has 0 aromatic heterocycles. The number of epoxide rings is 2. The van der Waals surface area contributed by atoms with E-state index in [2.05, 4.69) is 6.42 Å². The van der Waals surface area contributed by atoms with Crippen LogP contribution < -0.4 is 0 Å². The first-order chi connectivity index (χ1) is 8.66. The molecule has 2 saturated heterocycles. The van der Waals surface area contributed by atoms with Crippen LogP contribution in [0.5, 0.6) is 0 Å². The highest BCUT2D eigenvalue weighted by Gasteiger charge is 2.61. The van der Waals surface area contributed by atoms with E-state index in [0.717, 1.165) is 25.7 Å². The molecule has 0 spiro atoms. The monoisotopic (exact) mass is 251 g/mol. The van der Waals surface area contributed by atoms with Gasteiger partial charge in [0.05, 0.1) is 29.8 Å². The number of carboxylic acid groups (broad SMARTS) is 1. The van der Waals surface area contributed by atoms with Crippen molar-refractivity contribution in [1.29, 1.82) is 0 Å². The van der Waals surface area contributed by atoms with Gasteiger partial charge in [-0.25, -0.2) is 0 Å². The molecule has 0 aromatic carbocycles. The Kier molecular flexibility index (Phi) is 2.31. The van der Waals surface area contributed by atoms with Gasteiger partial charge in [-0.1, -0.05) is 0 Å². The van der Waals surface area contributed by atoms with Crippen LogP contribution in [-0.2, 0) is 14.3 Å². The van der Waals surface area contributed by atoms with E-state index in [0.29, 0.717) is 30.7 Å². The first-order valence-corrected chi connectivity index (χ1v) is 7.08. The molecule has 2 aliphatic carbocycles. The summed E-state index contributed by atoms with van der Waals surface area (Å²) in [5, 5.41) is 9.15. The third-order valence-corrected chi connectivity index (χ3v) is 5.10. The lowest BCUT2D eigenvalue weighted by molar-refractivity contribution is -0.142. The van der Waals surface area contributed by atoms with Gasteiger partial charge in [0.1, 0.15) is 0 Å². The summed E-state index contributed by atoms with van der Waals surface area (Å²) < 4.78 is 11.4. The van der Waals surface area contributed by atoms with Crippen molar-refractivity contribution in [1.82, 2.24) is 0 Å². The van der Waals surface area contributed by atoms with Gasteiger partial charge >= 0.3 is 5.97 Å². The summed E-state index contributed by atoms with van der Waals surface area (Å²) in [6.07, 6.45) is 9.44. The van der Waals surface area contributed by atoms with E-state index in [1.807, 2.05) is 0 Å². The van der Waals surface area contributed by atoms with E-state index >= 15 is 0 Å². The Balaban J connectivity index is 1.40. The van der Waals surface area contributed by atoms with E-state index < -0.39 is 5.97 Å². The molecule has 99 valence electrons. The molecular weight excluding hydrogens is 232 g/mol. The molecule has 6 unspecified atom stereocenters. The van der Waals surface area contributed by atoms with Crippen molar-refractivity contribution < 1.29 is 19.4 Å². The lowest BCUT2D eigenvalue weighted by Gasteiger charge is -2.27. The fourth-order valence-corrected chi connectivity index (χ4v) is 3.96. The highest BCUT2D eigenvalue weighted by molar-refractivity contribution is 5.70. The SMILES string of the molecule is O=C(O)C1CCC2OC2([CH]C2CCC3OC3C2)C1. The van der Waals surface area contributed by atoms with E-state index in [1.54, 1.807) is 0 Å². The Labute approximate surface area is 107 Å². The maximum Gasteiger partial charge on any atom is 0.306 e. The summed E-state index contributed by atoms with van der Waals surface area (Å²) >= 11 is 0. The van der Waals surface area contributed by atoms with Crippen molar-refractivity contribution in [2.45, 2.75) is 62.4 Å². The molecule has 2 saturated carbocycles. The second-order valence-corrected chi connectivity index (χ2v) is 6.33. The number of aliphatic carboxylic acids is 1. The quantitative estimate of drug-likeness (QED) is 0.777. The summed E-state index contributed by atoms with van der Waals surface area (Å²) in [5.41, 5.74) is -0.201. The van der Waals surface area contributed by atoms with Crippen molar-refractivity contribution in [3.8, 4) is 0 Å². The average molecular weight is 251 g/mol. The van der Waals surface area contributed by atoms with Gasteiger partial charge in [0.15, 0.2) is 0 Å². The van der Waals surface area contributed by atoms with E-state index in [-0.39, 0.29) is 11.5 Å². The average Bonchev–Trinajstić information content (AvgIpc) is 3.20. The highest BCUT2D eigenvalue weighted by atomic mass is 16.6. The number of carbonyl (C=O) groups is 1. The topological polar surface area (TPSA) is 62.4 Å². The van der Waals surface area contributed by atoms with Crippen LogP contribution >= 0.6 is 0 Å². The van der Waals surface area contributed by atoms with Crippen molar-refractivity contribution in [3.05, 3.63) is 6.42 Å². The molecule has 4 rings (SSSR count). The second kappa shape index (κ2) is 3.70. The van der Waals surface area contributed by atoms with Gasteiger partial charge in [-0.15, -0.1) is 0 Å². The lowest BCUT2D eigenvalue weighted by Crippen LogP contribution is -2.33. The van der Waals surface area contributed by atoms with Crippen LogP contribution in [0.3, 0.4) is 0 Å². The predicted molar refractivity (Wildman–Crippen MR) is 62.9 cm³/mol. The van der Waals surface area contributed by atoms with Gasteiger partial charge < -0.3 is 14.6 Å². The fraction of sp³-hybridized carbons (Fsp3) is 0.857. The van der Waals surface area contributed by atoms with Gasteiger partial charge in [-0.3, -0.25) is 4.79 Å². The predicted octanol–water partition coefficient (Wildman–Crippen LogP) is 1.78. The molecule has 6 atom stereocenters. The van der Waals surface area contributed by atoms with E-state index in [4.69, 9.17) is 14.6 Å². The standard InChI is InChI=1S/C14H19O4/c15-13(16)9-2-4-12-14(7-9,18-12)6-8-1-3-10-11(5-8)17-10/h6,8-12H,1-5,7H2,(H,15,16). The molecule has 4 nitrogen and oxygen atoms in total. The van der Waals surface area contributed by atoms with E-state index in [1.165, 1.54) is 6.42 Å². The maximum absolute atomic E-state index is 11.1. The minimum atomic E-state index is -0.661. The zero-order chi connectivity index (χ0) is 12.3. The molecule has 1 radical (unpaired) electrons. The highest BCUT2D eigenvalue weighted by Crippen LogP contribution is 2.55. The van der Waals surface area contributed by atoms with Crippen LogP contribution in [0.25, 0.3) is 0 Å². The number of ether oxygens (including phenoxy) is 2. The van der Waals surface area contributed by atoms with Crippen molar-refractivity contribution in [2.75, 3.05) is 0 Å². The Bertz CT molecular complexity index is 382. The Morgan fingerprint density at radius 1 is 1.22 bits per heavy atom. The maximum atomic E-state index is 11.1. The van der Waals surface area contributed by atoms with Crippen LogP contribution in [-0.4, -0.2) is 35.0 Å². The molecule has 0 aromatic rings. The molecule has 0 amide bonds. The van der Waals surface area contributed by atoms with E-state index in [9.17, 15) is 4.79 Å². The molecule has 2 aliphatic heterocycles. The normalized spacial score (nSPS) is 53.2. The Hall–Kier alpha value is -0.610. The molecule has 1 N–H and O–H groups in total. The van der Waals surface area contributed by atoms with Gasteiger partial charge in [0.25, 0.3) is 0 Å². The van der Waals surface area contributed by atoms with Crippen LogP contribution in [0, 0.1) is 18.3 Å². The van der Waals surface area contributed by atoms with Crippen LogP contribution in [0.4, 0.5) is 0 Å².